The summed E-state index contributed by atoms with van der Waals surface area (Å²) in [6, 6.07) is 11.2. The van der Waals surface area contributed by atoms with Crippen LogP contribution >= 0.6 is 11.6 Å². The smallest absolute Gasteiger partial charge is 0.311 e. The van der Waals surface area contributed by atoms with E-state index < -0.39 is 0 Å². The minimum Gasteiger partial charge on any atom is -0.466 e. The third-order valence-electron chi connectivity index (χ3n) is 3.07. The van der Waals surface area contributed by atoms with E-state index in [0.717, 1.165) is 5.52 Å². The van der Waals surface area contributed by atoms with Gasteiger partial charge in [0.2, 0.25) is 0 Å². The lowest BCUT2D eigenvalue weighted by molar-refractivity contribution is -0.142. The summed E-state index contributed by atoms with van der Waals surface area (Å²) in [5, 5.41) is 3.21. The second-order valence-corrected chi connectivity index (χ2v) is 5.09. The third kappa shape index (κ3) is 3.60. The molecule has 0 bridgehead atoms. The Morgan fingerprint density at radius 2 is 2.09 bits per heavy atom. The summed E-state index contributed by atoms with van der Waals surface area (Å²) in [4.78, 5) is 19.9. The molecule has 0 radical (unpaired) electrons. The van der Waals surface area contributed by atoms with E-state index in [0.29, 0.717) is 29.6 Å². The number of hydrogen-bond donors (Lipinski definition) is 1. The molecule has 6 nitrogen and oxygen atoms in total. The third-order valence-corrected chi connectivity index (χ3v) is 3.36. The molecule has 0 aliphatic heterocycles. The molecule has 0 atom stereocenters. The Labute approximate surface area is 137 Å². The molecule has 0 amide bonds. The maximum absolute atomic E-state index is 11.5. The highest BCUT2D eigenvalue weighted by molar-refractivity contribution is 6.32. The molecule has 0 fully saturated rings. The van der Waals surface area contributed by atoms with Crippen molar-refractivity contribution in [3.05, 3.63) is 47.2 Å². The number of ether oxygens (including phenoxy) is 1. The van der Waals surface area contributed by atoms with Gasteiger partial charge in [0, 0.05) is 0 Å². The van der Waals surface area contributed by atoms with Gasteiger partial charge in [0.15, 0.2) is 10.7 Å². The minimum atomic E-state index is -0.337. The van der Waals surface area contributed by atoms with E-state index in [2.05, 4.69) is 15.3 Å². The maximum atomic E-state index is 11.5. The Morgan fingerprint density at radius 1 is 1.26 bits per heavy atom. The van der Waals surface area contributed by atoms with Crippen LogP contribution in [0.4, 0.5) is 11.7 Å². The zero-order chi connectivity index (χ0) is 16.2. The number of rotatable bonds is 5. The number of hydrogen-bond acceptors (Lipinski definition) is 6. The standard InChI is InChI=1S/C16H14ClN3O3/c1-2-22-14(21)9-10-7-8-12(15(17)18-10)20-16-19-11-5-3-4-6-13(11)23-16/h3-8H,2,9H2,1H3,(H,19,20). The molecule has 118 valence electrons. The molecule has 0 spiro atoms. The summed E-state index contributed by atoms with van der Waals surface area (Å²) in [6.07, 6.45) is 0.0801. The molecule has 0 saturated carbocycles. The molecule has 2 heterocycles. The first kappa shape index (κ1) is 15.3. The average molecular weight is 332 g/mol. The second kappa shape index (κ2) is 6.66. The number of fused-ring (bicyclic) bond motifs is 1. The number of oxazole rings is 1. The van der Waals surface area contributed by atoms with Crippen LogP contribution in [0.25, 0.3) is 11.1 Å². The van der Waals surface area contributed by atoms with Crippen LogP contribution < -0.4 is 5.32 Å². The number of carbonyl (C=O) groups excluding carboxylic acids is 1. The van der Waals surface area contributed by atoms with Crippen LogP contribution in [0.15, 0.2) is 40.8 Å². The molecule has 0 saturated heterocycles. The van der Waals surface area contributed by atoms with E-state index >= 15 is 0 Å². The first-order valence-corrected chi connectivity index (χ1v) is 7.47. The van der Waals surface area contributed by atoms with Crippen LogP contribution in [0.5, 0.6) is 0 Å². The fourth-order valence-electron chi connectivity index (χ4n) is 2.06. The summed E-state index contributed by atoms with van der Waals surface area (Å²) < 4.78 is 10.5. The van der Waals surface area contributed by atoms with E-state index in [1.807, 2.05) is 24.3 Å². The first-order chi connectivity index (χ1) is 11.2. The van der Waals surface area contributed by atoms with Gasteiger partial charge in [-0.25, -0.2) is 4.98 Å². The molecule has 1 N–H and O–H groups in total. The zero-order valence-electron chi connectivity index (χ0n) is 12.4. The predicted molar refractivity (Wildman–Crippen MR) is 86.9 cm³/mol. The van der Waals surface area contributed by atoms with Crippen LogP contribution in [0.3, 0.4) is 0 Å². The van der Waals surface area contributed by atoms with Crippen molar-refractivity contribution in [2.24, 2.45) is 0 Å². The normalized spacial score (nSPS) is 10.7. The number of aromatic nitrogens is 2. The van der Waals surface area contributed by atoms with E-state index in [-0.39, 0.29) is 17.5 Å². The van der Waals surface area contributed by atoms with Crippen molar-refractivity contribution in [3.63, 3.8) is 0 Å². The summed E-state index contributed by atoms with van der Waals surface area (Å²) in [5.41, 5.74) is 2.51. The Hall–Kier alpha value is -2.60. The second-order valence-electron chi connectivity index (χ2n) is 4.73. The van der Waals surface area contributed by atoms with Gasteiger partial charge in [-0.1, -0.05) is 23.7 Å². The van der Waals surface area contributed by atoms with Crippen LogP contribution in [0.2, 0.25) is 5.15 Å². The highest BCUT2D eigenvalue weighted by Gasteiger charge is 2.11. The lowest BCUT2D eigenvalue weighted by Crippen LogP contribution is -2.09. The lowest BCUT2D eigenvalue weighted by Gasteiger charge is -2.06. The fraction of sp³-hybridized carbons (Fsp3) is 0.188. The Balaban J connectivity index is 1.76. The van der Waals surface area contributed by atoms with Gasteiger partial charge >= 0.3 is 5.97 Å². The minimum absolute atomic E-state index is 0.0801. The van der Waals surface area contributed by atoms with Crippen molar-refractivity contribution in [1.82, 2.24) is 9.97 Å². The number of halogens is 1. The quantitative estimate of drug-likeness (QED) is 0.567. The molecule has 0 aliphatic rings. The van der Waals surface area contributed by atoms with E-state index in [1.54, 1.807) is 19.1 Å². The molecule has 0 unspecified atom stereocenters. The number of pyridine rings is 1. The van der Waals surface area contributed by atoms with Gasteiger partial charge in [-0.15, -0.1) is 0 Å². The molecule has 1 aromatic carbocycles. The number of carbonyl (C=O) groups is 1. The molecule has 2 aromatic heterocycles. The Kier molecular flexibility index (Phi) is 4.43. The van der Waals surface area contributed by atoms with Crippen molar-refractivity contribution in [2.45, 2.75) is 13.3 Å². The van der Waals surface area contributed by atoms with Crippen molar-refractivity contribution in [1.29, 1.82) is 0 Å². The van der Waals surface area contributed by atoms with Gasteiger partial charge in [0.1, 0.15) is 5.52 Å². The number of esters is 1. The zero-order valence-corrected chi connectivity index (χ0v) is 13.1. The number of benzene rings is 1. The molecule has 23 heavy (non-hydrogen) atoms. The summed E-state index contributed by atoms with van der Waals surface area (Å²) >= 11 is 6.14. The molecule has 3 rings (SSSR count). The van der Waals surface area contributed by atoms with E-state index in [9.17, 15) is 4.79 Å². The van der Waals surface area contributed by atoms with Gasteiger partial charge in [-0.3, -0.25) is 4.79 Å². The topological polar surface area (TPSA) is 77.2 Å². The van der Waals surface area contributed by atoms with E-state index in [4.69, 9.17) is 20.8 Å². The van der Waals surface area contributed by atoms with Gasteiger partial charge in [-0.05, 0) is 31.2 Å². The van der Waals surface area contributed by atoms with Crippen LogP contribution in [0.1, 0.15) is 12.6 Å². The summed E-state index contributed by atoms with van der Waals surface area (Å²) in [7, 11) is 0. The Bertz CT molecular complexity index is 814. The SMILES string of the molecule is CCOC(=O)Cc1ccc(Nc2nc3ccccc3o2)c(Cl)n1. The Morgan fingerprint density at radius 3 is 2.83 bits per heavy atom. The van der Waals surface area contributed by atoms with Crippen LogP contribution in [-0.2, 0) is 16.0 Å². The lowest BCUT2D eigenvalue weighted by atomic mass is 10.2. The number of para-hydroxylation sites is 2. The highest BCUT2D eigenvalue weighted by atomic mass is 35.5. The van der Waals surface area contributed by atoms with Gasteiger partial charge < -0.3 is 14.5 Å². The molecule has 3 aromatic rings. The van der Waals surface area contributed by atoms with Crippen molar-refractivity contribution < 1.29 is 13.9 Å². The average Bonchev–Trinajstić information content (AvgIpc) is 2.92. The van der Waals surface area contributed by atoms with Crippen molar-refractivity contribution in [2.75, 3.05) is 11.9 Å². The van der Waals surface area contributed by atoms with Gasteiger partial charge in [0.05, 0.1) is 24.4 Å². The number of nitrogens with one attached hydrogen (secondary N) is 1. The van der Waals surface area contributed by atoms with Crippen molar-refractivity contribution >= 4 is 40.4 Å². The molecular weight excluding hydrogens is 318 g/mol. The maximum Gasteiger partial charge on any atom is 0.311 e. The fourth-order valence-corrected chi connectivity index (χ4v) is 2.28. The summed E-state index contributed by atoms with van der Waals surface area (Å²) in [5.74, 6) is -0.337. The predicted octanol–water partition coefficient (Wildman–Crippen LogP) is 3.73. The first-order valence-electron chi connectivity index (χ1n) is 7.09. The van der Waals surface area contributed by atoms with Crippen LogP contribution in [0, 0.1) is 0 Å². The van der Waals surface area contributed by atoms with Crippen molar-refractivity contribution in [3.8, 4) is 0 Å². The molecule has 0 aliphatic carbocycles. The van der Waals surface area contributed by atoms with E-state index in [1.165, 1.54) is 0 Å². The number of anilines is 2. The van der Waals surface area contributed by atoms with Gasteiger partial charge in [-0.2, -0.15) is 4.98 Å². The van der Waals surface area contributed by atoms with Gasteiger partial charge in [0.25, 0.3) is 6.01 Å². The molecular formula is C16H14ClN3O3. The van der Waals surface area contributed by atoms with Crippen LogP contribution in [-0.4, -0.2) is 22.5 Å². The molecule has 7 heteroatoms. The number of nitrogens with zero attached hydrogens (tertiary/aromatic N) is 2. The summed E-state index contributed by atoms with van der Waals surface area (Å²) in [6.45, 7) is 2.09. The highest BCUT2D eigenvalue weighted by Crippen LogP contribution is 2.26. The largest absolute Gasteiger partial charge is 0.466 e. The monoisotopic (exact) mass is 331 g/mol.